The number of alkyl halides is 2. The van der Waals surface area contributed by atoms with Crippen LogP contribution in [-0.4, -0.2) is 6.61 Å². The van der Waals surface area contributed by atoms with E-state index in [0.29, 0.717) is 6.42 Å². The lowest BCUT2D eigenvalue weighted by Crippen LogP contribution is -2.01. The Morgan fingerprint density at radius 3 is 2.43 bits per heavy atom. The summed E-state index contributed by atoms with van der Waals surface area (Å²) in [5.41, 5.74) is 1.02. The summed E-state index contributed by atoms with van der Waals surface area (Å²) in [6.07, 6.45) is 6.50. The standard InChI is InChI=1S/C11H10F2O/c1-2-3-4-9-5-7-10(8-6-9)14-11(12)13/h1,5-8,11H,3-4H2. The van der Waals surface area contributed by atoms with Crippen molar-refractivity contribution in [2.45, 2.75) is 19.5 Å². The maximum absolute atomic E-state index is 11.8. The molecule has 0 aliphatic carbocycles. The molecule has 1 rings (SSSR count). The van der Waals surface area contributed by atoms with Gasteiger partial charge < -0.3 is 4.74 Å². The van der Waals surface area contributed by atoms with Crippen molar-refractivity contribution in [1.82, 2.24) is 0 Å². The van der Waals surface area contributed by atoms with Crippen LogP contribution in [0.5, 0.6) is 5.75 Å². The van der Waals surface area contributed by atoms with Crippen LogP contribution < -0.4 is 4.74 Å². The molecular formula is C11H10F2O. The predicted molar refractivity (Wildman–Crippen MR) is 50.2 cm³/mol. The fourth-order valence-electron chi connectivity index (χ4n) is 1.05. The van der Waals surface area contributed by atoms with Crippen LogP contribution in [0.15, 0.2) is 24.3 Å². The van der Waals surface area contributed by atoms with Crippen LogP contribution in [0.3, 0.4) is 0 Å². The van der Waals surface area contributed by atoms with E-state index >= 15 is 0 Å². The maximum atomic E-state index is 11.8. The molecule has 0 aliphatic heterocycles. The average Bonchev–Trinajstić information content (AvgIpc) is 2.16. The van der Waals surface area contributed by atoms with Gasteiger partial charge in [0.2, 0.25) is 0 Å². The third kappa shape index (κ3) is 3.44. The highest BCUT2D eigenvalue weighted by Crippen LogP contribution is 2.15. The molecule has 1 aromatic rings. The predicted octanol–water partition coefficient (Wildman–Crippen LogP) is 2.85. The van der Waals surface area contributed by atoms with Crippen molar-refractivity contribution in [2.24, 2.45) is 0 Å². The van der Waals surface area contributed by atoms with Crippen molar-refractivity contribution >= 4 is 0 Å². The first-order chi connectivity index (χ1) is 6.72. The monoisotopic (exact) mass is 196 g/mol. The molecule has 0 atom stereocenters. The Morgan fingerprint density at radius 1 is 1.29 bits per heavy atom. The summed E-state index contributed by atoms with van der Waals surface area (Å²) < 4.78 is 27.7. The molecule has 0 bridgehead atoms. The van der Waals surface area contributed by atoms with Crippen LogP contribution in [0.2, 0.25) is 0 Å². The Hall–Kier alpha value is -1.56. The molecule has 1 nitrogen and oxygen atoms in total. The number of hydrogen-bond donors (Lipinski definition) is 0. The van der Waals surface area contributed by atoms with Crippen LogP contribution in [0.1, 0.15) is 12.0 Å². The molecule has 0 saturated heterocycles. The second kappa shape index (κ2) is 5.23. The summed E-state index contributed by atoms with van der Waals surface area (Å²) in [6, 6.07) is 6.49. The van der Waals surface area contributed by atoms with Crippen molar-refractivity contribution in [2.75, 3.05) is 0 Å². The van der Waals surface area contributed by atoms with E-state index in [1.54, 1.807) is 12.1 Å². The van der Waals surface area contributed by atoms with E-state index in [1.165, 1.54) is 12.1 Å². The molecule has 1 aromatic carbocycles. The summed E-state index contributed by atoms with van der Waals surface area (Å²) in [5.74, 6) is 2.68. The van der Waals surface area contributed by atoms with Gasteiger partial charge in [-0.05, 0) is 24.1 Å². The Balaban J connectivity index is 2.56. The summed E-state index contributed by atoms with van der Waals surface area (Å²) in [4.78, 5) is 0. The van der Waals surface area contributed by atoms with Gasteiger partial charge in [0, 0.05) is 6.42 Å². The van der Waals surface area contributed by atoms with Gasteiger partial charge in [-0.2, -0.15) is 8.78 Å². The topological polar surface area (TPSA) is 9.23 Å². The quantitative estimate of drug-likeness (QED) is 0.673. The Labute approximate surface area is 81.7 Å². The van der Waals surface area contributed by atoms with Crippen LogP contribution in [-0.2, 0) is 6.42 Å². The molecule has 0 radical (unpaired) electrons. The van der Waals surface area contributed by atoms with Crippen LogP contribution in [0.4, 0.5) is 8.78 Å². The maximum Gasteiger partial charge on any atom is 0.387 e. The van der Waals surface area contributed by atoms with Gasteiger partial charge in [0.25, 0.3) is 0 Å². The Bertz CT molecular complexity index is 311. The van der Waals surface area contributed by atoms with Crippen molar-refractivity contribution < 1.29 is 13.5 Å². The van der Waals surface area contributed by atoms with Gasteiger partial charge >= 0.3 is 6.61 Å². The van der Waals surface area contributed by atoms with E-state index in [2.05, 4.69) is 10.7 Å². The molecule has 74 valence electrons. The highest BCUT2D eigenvalue weighted by molar-refractivity contribution is 5.27. The molecule has 0 aliphatic rings. The minimum absolute atomic E-state index is 0.171. The van der Waals surface area contributed by atoms with Crippen LogP contribution in [0.25, 0.3) is 0 Å². The molecule has 0 spiro atoms. The van der Waals surface area contributed by atoms with E-state index in [-0.39, 0.29) is 5.75 Å². The number of ether oxygens (including phenoxy) is 1. The first-order valence-electron chi connectivity index (χ1n) is 4.19. The summed E-state index contributed by atoms with van der Waals surface area (Å²) in [5, 5.41) is 0. The molecule has 0 N–H and O–H groups in total. The molecule has 0 amide bonds. The normalized spacial score (nSPS) is 9.86. The molecule has 0 fully saturated rings. The fourth-order valence-corrected chi connectivity index (χ4v) is 1.05. The number of hydrogen-bond acceptors (Lipinski definition) is 1. The van der Waals surface area contributed by atoms with E-state index in [0.717, 1.165) is 12.0 Å². The largest absolute Gasteiger partial charge is 0.435 e. The van der Waals surface area contributed by atoms with Gasteiger partial charge in [-0.1, -0.05) is 12.1 Å². The van der Waals surface area contributed by atoms with Crippen molar-refractivity contribution in [3.05, 3.63) is 29.8 Å². The fraction of sp³-hybridized carbons (Fsp3) is 0.273. The number of rotatable bonds is 4. The molecule has 0 unspecified atom stereocenters. The van der Waals surface area contributed by atoms with E-state index in [9.17, 15) is 8.78 Å². The lowest BCUT2D eigenvalue weighted by molar-refractivity contribution is -0.0498. The van der Waals surface area contributed by atoms with E-state index in [1.807, 2.05) is 0 Å². The first-order valence-corrected chi connectivity index (χ1v) is 4.19. The van der Waals surface area contributed by atoms with Crippen molar-refractivity contribution in [3.63, 3.8) is 0 Å². The smallest absolute Gasteiger partial charge is 0.387 e. The van der Waals surface area contributed by atoms with Gasteiger partial charge in [0.15, 0.2) is 0 Å². The van der Waals surface area contributed by atoms with Gasteiger partial charge in [-0.15, -0.1) is 12.3 Å². The minimum atomic E-state index is -2.77. The zero-order valence-corrected chi connectivity index (χ0v) is 7.54. The molecule has 14 heavy (non-hydrogen) atoms. The van der Waals surface area contributed by atoms with Crippen molar-refractivity contribution in [1.29, 1.82) is 0 Å². The van der Waals surface area contributed by atoms with Gasteiger partial charge in [0.05, 0.1) is 0 Å². The zero-order chi connectivity index (χ0) is 10.4. The SMILES string of the molecule is C#CCCc1ccc(OC(F)F)cc1. The third-order valence-electron chi connectivity index (χ3n) is 1.71. The van der Waals surface area contributed by atoms with E-state index < -0.39 is 6.61 Å². The third-order valence-corrected chi connectivity index (χ3v) is 1.71. The second-order valence-electron chi connectivity index (χ2n) is 2.73. The minimum Gasteiger partial charge on any atom is -0.435 e. The highest BCUT2D eigenvalue weighted by atomic mass is 19.3. The zero-order valence-electron chi connectivity index (χ0n) is 7.54. The lowest BCUT2D eigenvalue weighted by Gasteiger charge is -2.04. The summed E-state index contributed by atoms with van der Waals surface area (Å²) in [7, 11) is 0. The number of benzene rings is 1. The van der Waals surface area contributed by atoms with Crippen molar-refractivity contribution in [3.8, 4) is 18.1 Å². The molecular weight excluding hydrogens is 186 g/mol. The molecule has 0 aromatic heterocycles. The van der Waals surface area contributed by atoms with Crippen LogP contribution in [0, 0.1) is 12.3 Å². The van der Waals surface area contributed by atoms with Crippen LogP contribution >= 0.6 is 0 Å². The highest BCUT2D eigenvalue weighted by Gasteiger charge is 2.02. The Morgan fingerprint density at radius 2 is 1.93 bits per heavy atom. The number of aryl methyl sites for hydroxylation is 1. The molecule has 3 heteroatoms. The van der Waals surface area contributed by atoms with E-state index in [4.69, 9.17) is 6.42 Å². The van der Waals surface area contributed by atoms with Gasteiger partial charge in [-0.25, -0.2) is 0 Å². The first kappa shape index (κ1) is 10.5. The summed E-state index contributed by atoms with van der Waals surface area (Å²) in [6.45, 7) is -2.77. The number of terminal acetylenes is 1. The second-order valence-corrected chi connectivity index (χ2v) is 2.73. The summed E-state index contributed by atoms with van der Waals surface area (Å²) >= 11 is 0. The molecule has 0 saturated carbocycles. The Kier molecular flexibility index (Phi) is 3.93. The van der Waals surface area contributed by atoms with Gasteiger partial charge in [0.1, 0.15) is 5.75 Å². The van der Waals surface area contributed by atoms with Gasteiger partial charge in [-0.3, -0.25) is 0 Å². The lowest BCUT2D eigenvalue weighted by atomic mass is 10.1. The average molecular weight is 196 g/mol. The molecule has 0 heterocycles. The number of halogens is 2.